The Morgan fingerprint density at radius 3 is 2.27 bits per heavy atom. The van der Waals surface area contributed by atoms with Gasteiger partial charge < -0.3 is 11.1 Å². The van der Waals surface area contributed by atoms with Crippen molar-refractivity contribution in [3.05, 3.63) is 102 Å². The van der Waals surface area contributed by atoms with Crippen LogP contribution in [0, 0.1) is 6.92 Å². The van der Waals surface area contributed by atoms with Crippen LogP contribution >= 0.6 is 0 Å². The molecule has 0 spiro atoms. The average molecular weight is 516 g/mol. The summed E-state index contributed by atoms with van der Waals surface area (Å²) < 4.78 is 27.3. The van der Waals surface area contributed by atoms with Crippen molar-refractivity contribution in [2.24, 2.45) is 0 Å². The van der Waals surface area contributed by atoms with E-state index >= 15 is 0 Å². The maximum Gasteiger partial charge on any atom is 0.278 e. The van der Waals surface area contributed by atoms with E-state index in [0.717, 1.165) is 16.7 Å². The number of hydrogen-bond acceptors (Lipinski definition) is 7. The SMILES string of the molecule is Cc1ccc(-c2cnc(N)c(C(=O)Nc3ccc(S(=O)(=O)NC(=O)CCc4ccccc4)cc3)n2)cc1. The van der Waals surface area contributed by atoms with Crippen LogP contribution in [0.15, 0.2) is 90.0 Å². The van der Waals surface area contributed by atoms with Crippen LogP contribution in [-0.2, 0) is 21.2 Å². The molecule has 0 aliphatic heterocycles. The smallest absolute Gasteiger partial charge is 0.278 e. The summed E-state index contributed by atoms with van der Waals surface area (Å²) in [5.74, 6) is -1.24. The Morgan fingerprint density at radius 2 is 1.59 bits per heavy atom. The number of sulfonamides is 1. The number of benzene rings is 3. The third-order valence-electron chi connectivity index (χ3n) is 5.52. The summed E-state index contributed by atoms with van der Waals surface area (Å²) in [5, 5.41) is 2.64. The lowest BCUT2D eigenvalue weighted by molar-refractivity contribution is -0.119. The number of carbonyl (C=O) groups excluding carboxylic acids is 2. The highest BCUT2D eigenvalue weighted by Gasteiger charge is 2.19. The van der Waals surface area contributed by atoms with Gasteiger partial charge in [-0.1, -0.05) is 60.2 Å². The second-order valence-electron chi connectivity index (χ2n) is 8.35. The Kier molecular flexibility index (Phi) is 7.59. The summed E-state index contributed by atoms with van der Waals surface area (Å²) in [4.78, 5) is 33.3. The molecule has 0 saturated carbocycles. The third-order valence-corrected chi connectivity index (χ3v) is 6.91. The van der Waals surface area contributed by atoms with E-state index in [1.165, 1.54) is 30.5 Å². The number of nitrogens with zero attached hydrogens (tertiary/aromatic N) is 2. The summed E-state index contributed by atoms with van der Waals surface area (Å²) in [6, 6.07) is 22.3. The monoisotopic (exact) mass is 515 g/mol. The van der Waals surface area contributed by atoms with Crippen LogP contribution in [0.25, 0.3) is 11.3 Å². The molecular weight excluding hydrogens is 490 g/mol. The maximum atomic E-state index is 12.8. The number of aromatic nitrogens is 2. The van der Waals surface area contributed by atoms with E-state index in [1.54, 1.807) is 0 Å². The number of carbonyl (C=O) groups is 2. The Morgan fingerprint density at radius 1 is 0.919 bits per heavy atom. The lowest BCUT2D eigenvalue weighted by Gasteiger charge is -2.10. The minimum Gasteiger partial charge on any atom is -0.382 e. The minimum absolute atomic E-state index is 0.0293. The number of hydrogen-bond donors (Lipinski definition) is 3. The highest BCUT2D eigenvalue weighted by atomic mass is 32.2. The first kappa shape index (κ1) is 25.5. The van der Waals surface area contributed by atoms with E-state index in [0.29, 0.717) is 17.8 Å². The molecule has 188 valence electrons. The molecule has 3 aromatic carbocycles. The quantitative estimate of drug-likeness (QED) is 0.324. The van der Waals surface area contributed by atoms with E-state index in [4.69, 9.17) is 5.73 Å². The van der Waals surface area contributed by atoms with E-state index < -0.39 is 21.8 Å². The lowest BCUT2D eigenvalue weighted by Crippen LogP contribution is -2.30. The molecule has 37 heavy (non-hydrogen) atoms. The Labute approximate surface area is 214 Å². The van der Waals surface area contributed by atoms with Crippen LogP contribution in [0.4, 0.5) is 11.5 Å². The van der Waals surface area contributed by atoms with Gasteiger partial charge in [-0.3, -0.25) is 9.59 Å². The van der Waals surface area contributed by atoms with Crippen molar-refractivity contribution >= 4 is 33.3 Å². The van der Waals surface area contributed by atoms with Crippen molar-refractivity contribution in [3.63, 3.8) is 0 Å². The molecule has 0 radical (unpaired) electrons. The number of nitrogen functional groups attached to an aromatic ring is 1. The predicted molar refractivity (Wildman–Crippen MR) is 141 cm³/mol. The molecule has 1 aromatic heterocycles. The molecule has 0 atom stereocenters. The van der Waals surface area contributed by atoms with Crippen LogP contribution in [0.1, 0.15) is 28.0 Å². The Hall–Kier alpha value is -4.57. The number of anilines is 2. The van der Waals surface area contributed by atoms with Gasteiger partial charge in [0.25, 0.3) is 15.9 Å². The number of nitrogens with two attached hydrogens (primary N) is 1. The van der Waals surface area contributed by atoms with Crippen molar-refractivity contribution in [3.8, 4) is 11.3 Å². The van der Waals surface area contributed by atoms with Gasteiger partial charge in [-0.25, -0.2) is 23.1 Å². The molecule has 0 aliphatic carbocycles. The molecule has 2 amide bonds. The molecule has 9 nitrogen and oxygen atoms in total. The number of amides is 2. The van der Waals surface area contributed by atoms with Gasteiger partial charge >= 0.3 is 0 Å². The molecule has 0 aliphatic rings. The molecule has 0 bridgehead atoms. The highest BCUT2D eigenvalue weighted by molar-refractivity contribution is 7.90. The van der Waals surface area contributed by atoms with Crippen molar-refractivity contribution in [2.45, 2.75) is 24.7 Å². The molecule has 4 rings (SSSR count). The number of rotatable bonds is 8. The molecule has 1 heterocycles. The molecule has 0 fully saturated rings. The first-order valence-corrected chi connectivity index (χ1v) is 12.9. The van der Waals surface area contributed by atoms with Crippen molar-refractivity contribution in [1.82, 2.24) is 14.7 Å². The molecule has 4 aromatic rings. The highest BCUT2D eigenvalue weighted by Crippen LogP contribution is 2.20. The topological polar surface area (TPSA) is 144 Å². The summed E-state index contributed by atoms with van der Waals surface area (Å²) >= 11 is 0. The molecule has 4 N–H and O–H groups in total. The van der Waals surface area contributed by atoms with Gasteiger partial charge in [-0.05, 0) is 43.2 Å². The fourth-order valence-corrected chi connectivity index (χ4v) is 4.51. The average Bonchev–Trinajstić information content (AvgIpc) is 2.89. The predicted octanol–water partition coefficient (Wildman–Crippen LogP) is 3.72. The van der Waals surface area contributed by atoms with Crippen molar-refractivity contribution in [1.29, 1.82) is 0 Å². The summed E-state index contributed by atoms with van der Waals surface area (Å²) in [6.45, 7) is 1.97. The van der Waals surface area contributed by atoms with Gasteiger partial charge in [-0.15, -0.1) is 0 Å². The van der Waals surface area contributed by atoms with Crippen molar-refractivity contribution < 1.29 is 18.0 Å². The summed E-state index contributed by atoms with van der Waals surface area (Å²) in [5.41, 5.74) is 9.44. The zero-order valence-corrected chi connectivity index (χ0v) is 20.8. The van der Waals surface area contributed by atoms with Gasteiger partial charge in [0.1, 0.15) is 0 Å². The van der Waals surface area contributed by atoms with E-state index in [2.05, 4.69) is 20.0 Å². The number of aryl methyl sites for hydroxylation is 2. The summed E-state index contributed by atoms with van der Waals surface area (Å²) in [7, 11) is -4.06. The Bertz CT molecular complexity index is 1520. The van der Waals surface area contributed by atoms with Crippen LogP contribution < -0.4 is 15.8 Å². The Balaban J connectivity index is 1.41. The van der Waals surface area contributed by atoms with Gasteiger partial charge in [0.2, 0.25) is 5.91 Å². The lowest BCUT2D eigenvalue weighted by atomic mass is 10.1. The van der Waals surface area contributed by atoms with Crippen LogP contribution in [0.2, 0.25) is 0 Å². The third kappa shape index (κ3) is 6.56. The van der Waals surface area contributed by atoms with E-state index in [1.807, 2.05) is 61.5 Å². The van der Waals surface area contributed by atoms with Crippen LogP contribution in [0.3, 0.4) is 0 Å². The second kappa shape index (κ2) is 11.0. The molecule has 0 saturated heterocycles. The normalized spacial score (nSPS) is 11.1. The largest absolute Gasteiger partial charge is 0.382 e. The fourth-order valence-electron chi connectivity index (χ4n) is 3.50. The van der Waals surface area contributed by atoms with Crippen molar-refractivity contribution in [2.75, 3.05) is 11.1 Å². The van der Waals surface area contributed by atoms with Crippen LogP contribution in [-0.4, -0.2) is 30.2 Å². The zero-order chi connectivity index (χ0) is 26.4. The van der Waals surface area contributed by atoms with E-state index in [9.17, 15) is 18.0 Å². The molecule has 0 unspecified atom stereocenters. The first-order chi connectivity index (χ1) is 17.7. The second-order valence-corrected chi connectivity index (χ2v) is 10.0. The number of nitrogens with one attached hydrogen (secondary N) is 2. The molecule has 10 heteroatoms. The fraction of sp³-hybridized carbons (Fsp3) is 0.111. The van der Waals surface area contributed by atoms with Gasteiger partial charge in [-0.2, -0.15) is 0 Å². The minimum atomic E-state index is -4.06. The molecular formula is C27H25N5O4S. The van der Waals surface area contributed by atoms with E-state index in [-0.39, 0.29) is 22.8 Å². The maximum absolute atomic E-state index is 12.8. The van der Waals surface area contributed by atoms with Gasteiger partial charge in [0.15, 0.2) is 11.5 Å². The summed E-state index contributed by atoms with van der Waals surface area (Å²) in [6.07, 6.45) is 1.94. The standard InChI is InChI=1S/C27H25N5O4S/c1-18-7-10-20(11-8-18)23-17-29-26(28)25(31-23)27(34)30-21-12-14-22(15-13-21)37(35,36)32-24(33)16-9-19-5-3-2-4-6-19/h2-8,10-15,17H,9,16H2,1H3,(H2,28,29)(H,30,34)(H,32,33). The zero-order valence-electron chi connectivity index (χ0n) is 20.0. The first-order valence-electron chi connectivity index (χ1n) is 11.4. The van der Waals surface area contributed by atoms with Crippen LogP contribution in [0.5, 0.6) is 0 Å². The van der Waals surface area contributed by atoms with Gasteiger partial charge in [0, 0.05) is 17.7 Å². The van der Waals surface area contributed by atoms with Gasteiger partial charge in [0.05, 0.1) is 16.8 Å².